The highest BCUT2D eigenvalue weighted by Crippen LogP contribution is 2.09. The van der Waals surface area contributed by atoms with Gasteiger partial charge in [0.15, 0.2) is 0 Å². The Morgan fingerprint density at radius 3 is 2.73 bits per heavy atom. The number of nitrogens with zero attached hydrogens (tertiary/aromatic N) is 1. The van der Waals surface area contributed by atoms with Crippen molar-refractivity contribution < 1.29 is 0 Å². The molecular weight excluding hydrogens is 204 g/mol. The Balaban J connectivity index is 2.26. The van der Waals surface area contributed by atoms with Crippen LogP contribution in [0.15, 0.2) is 36.9 Å². The van der Waals surface area contributed by atoms with Gasteiger partial charge in [-0.15, -0.1) is 6.58 Å². The summed E-state index contributed by atoms with van der Waals surface area (Å²) in [6, 6.07) is 9.59. The van der Waals surface area contributed by atoms with E-state index in [2.05, 4.69) is 18.0 Å². The Bertz CT molecular complexity index is 338. The van der Waals surface area contributed by atoms with Crippen molar-refractivity contribution in [3.05, 3.63) is 42.5 Å². The van der Waals surface area contributed by atoms with Crippen molar-refractivity contribution in [3.8, 4) is 6.07 Å². The van der Waals surface area contributed by atoms with E-state index in [9.17, 15) is 0 Å². The van der Waals surface area contributed by atoms with E-state index in [4.69, 9.17) is 5.26 Å². The number of nitrogens with one attached hydrogen (secondary N) is 1. The summed E-state index contributed by atoms with van der Waals surface area (Å²) in [5.74, 6) is 2.06. The second kappa shape index (κ2) is 6.97. The molecule has 0 atom stereocenters. The molecule has 78 valence electrons. The van der Waals surface area contributed by atoms with Gasteiger partial charge >= 0.3 is 0 Å². The fourth-order valence-corrected chi connectivity index (χ4v) is 1.68. The molecule has 0 bridgehead atoms. The van der Waals surface area contributed by atoms with Crippen molar-refractivity contribution in [2.45, 2.75) is 0 Å². The second-order valence-electron chi connectivity index (χ2n) is 2.98. The van der Waals surface area contributed by atoms with Gasteiger partial charge in [-0.25, -0.2) is 0 Å². The minimum atomic E-state index is 0.696. The van der Waals surface area contributed by atoms with Gasteiger partial charge in [-0.1, -0.05) is 6.08 Å². The van der Waals surface area contributed by atoms with Gasteiger partial charge in [-0.2, -0.15) is 17.0 Å². The van der Waals surface area contributed by atoms with Gasteiger partial charge in [-0.3, -0.25) is 0 Å². The van der Waals surface area contributed by atoms with Crippen molar-refractivity contribution in [2.24, 2.45) is 0 Å². The molecule has 0 aliphatic heterocycles. The van der Waals surface area contributed by atoms with Crippen molar-refractivity contribution >= 4 is 17.4 Å². The fraction of sp³-hybridized carbons (Fsp3) is 0.250. The SMILES string of the molecule is C=CCSCCNc1ccc(C#N)cc1. The van der Waals surface area contributed by atoms with Gasteiger partial charge in [0.05, 0.1) is 11.6 Å². The highest BCUT2D eigenvalue weighted by Gasteiger charge is 1.92. The van der Waals surface area contributed by atoms with Crippen molar-refractivity contribution in [1.29, 1.82) is 5.26 Å². The zero-order valence-electron chi connectivity index (χ0n) is 8.57. The fourth-order valence-electron chi connectivity index (χ4n) is 1.10. The molecule has 0 unspecified atom stereocenters. The second-order valence-corrected chi connectivity index (χ2v) is 4.13. The lowest BCUT2D eigenvalue weighted by molar-refractivity contribution is 1.23. The van der Waals surface area contributed by atoms with Crippen LogP contribution >= 0.6 is 11.8 Å². The van der Waals surface area contributed by atoms with E-state index in [1.165, 1.54) is 0 Å². The van der Waals surface area contributed by atoms with Crippen molar-refractivity contribution in [2.75, 3.05) is 23.4 Å². The highest BCUT2D eigenvalue weighted by molar-refractivity contribution is 7.99. The highest BCUT2D eigenvalue weighted by atomic mass is 32.2. The lowest BCUT2D eigenvalue weighted by Gasteiger charge is -2.05. The van der Waals surface area contributed by atoms with E-state index >= 15 is 0 Å². The summed E-state index contributed by atoms with van der Waals surface area (Å²) in [4.78, 5) is 0. The Morgan fingerprint density at radius 2 is 2.13 bits per heavy atom. The molecule has 0 aliphatic carbocycles. The van der Waals surface area contributed by atoms with E-state index in [0.717, 1.165) is 23.7 Å². The summed E-state index contributed by atoms with van der Waals surface area (Å²) in [5.41, 5.74) is 1.76. The smallest absolute Gasteiger partial charge is 0.0991 e. The third kappa shape index (κ3) is 4.57. The van der Waals surface area contributed by atoms with E-state index in [1.807, 2.05) is 42.1 Å². The largest absolute Gasteiger partial charge is 0.384 e. The normalized spacial score (nSPS) is 9.27. The van der Waals surface area contributed by atoms with Gasteiger partial charge in [0, 0.05) is 23.7 Å². The number of hydrogen-bond acceptors (Lipinski definition) is 3. The Hall–Kier alpha value is -1.40. The van der Waals surface area contributed by atoms with E-state index in [1.54, 1.807) is 0 Å². The van der Waals surface area contributed by atoms with Crippen LogP contribution in [0.25, 0.3) is 0 Å². The Labute approximate surface area is 95.0 Å². The number of anilines is 1. The molecule has 0 amide bonds. The number of thioether (sulfide) groups is 1. The Morgan fingerprint density at radius 1 is 1.40 bits per heavy atom. The lowest BCUT2D eigenvalue weighted by atomic mass is 10.2. The maximum Gasteiger partial charge on any atom is 0.0991 e. The van der Waals surface area contributed by atoms with Gasteiger partial charge in [0.2, 0.25) is 0 Å². The van der Waals surface area contributed by atoms with Crippen LogP contribution in [0.3, 0.4) is 0 Å². The number of rotatable bonds is 6. The van der Waals surface area contributed by atoms with Gasteiger partial charge in [-0.05, 0) is 24.3 Å². The third-order valence-corrected chi connectivity index (χ3v) is 2.79. The standard InChI is InChI=1S/C12H14N2S/c1-2-8-15-9-7-14-12-5-3-11(10-13)4-6-12/h2-6,14H,1,7-9H2. The first kappa shape index (κ1) is 11.7. The molecule has 0 saturated carbocycles. The first-order chi connectivity index (χ1) is 7.36. The molecule has 0 saturated heterocycles. The zero-order chi connectivity index (χ0) is 10.9. The third-order valence-electron chi connectivity index (χ3n) is 1.83. The monoisotopic (exact) mass is 218 g/mol. The molecule has 3 heteroatoms. The van der Waals surface area contributed by atoms with Crippen molar-refractivity contribution in [3.63, 3.8) is 0 Å². The van der Waals surface area contributed by atoms with Crippen LogP contribution < -0.4 is 5.32 Å². The molecule has 15 heavy (non-hydrogen) atoms. The minimum Gasteiger partial charge on any atom is -0.384 e. The molecule has 0 radical (unpaired) electrons. The van der Waals surface area contributed by atoms with Gasteiger partial charge < -0.3 is 5.32 Å². The van der Waals surface area contributed by atoms with Gasteiger partial charge in [0.25, 0.3) is 0 Å². The maximum absolute atomic E-state index is 8.62. The van der Waals surface area contributed by atoms with E-state index in [-0.39, 0.29) is 0 Å². The predicted molar refractivity (Wildman–Crippen MR) is 67.2 cm³/mol. The quantitative estimate of drug-likeness (QED) is 0.589. The molecule has 0 spiro atoms. The summed E-state index contributed by atoms with van der Waals surface area (Å²) in [6.07, 6.45) is 1.91. The summed E-state index contributed by atoms with van der Waals surface area (Å²) in [7, 11) is 0. The number of nitriles is 1. The van der Waals surface area contributed by atoms with Crippen LogP contribution in [0.2, 0.25) is 0 Å². The molecular formula is C12H14N2S. The zero-order valence-corrected chi connectivity index (χ0v) is 9.39. The van der Waals surface area contributed by atoms with Crippen LogP contribution in [0.1, 0.15) is 5.56 Å². The first-order valence-electron chi connectivity index (χ1n) is 4.79. The summed E-state index contributed by atoms with van der Waals surface area (Å²) in [6.45, 7) is 4.60. The Kier molecular flexibility index (Phi) is 5.42. The minimum absolute atomic E-state index is 0.696. The molecule has 0 aliphatic rings. The van der Waals surface area contributed by atoms with Crippen molar-refractivity contribution in [1.82, 2.24) is 0 Å². The predicted octanol–water partition coefficient (Wildman–Crippen LogP) is 2.89. The summed E-state index contributed by atoms with van der Waals surface area (Å²) < 4.78 is 0. The maximum atomic E-state index is 8.62. The summed E-state index contributed by atoms with van der Waals surface area (Å²) in [5, 5.41) is 11.9. The molecule has 0 fully saturated rings. The molecule has 0 heterocycles. The van der Waals surface area contributed by atoms with E-state index < -0.39 is 0 Å². The van der Waals surface area contributed by atoms with Crippen LogP contribution in [0.4, 0.5) is 5.69 Å². The topological polar surface area (TPSA) is 35.8 Å². The van der Waals surface area contributed by atoms with Crippen LogP contribution in [0, 0.1) is 11.3 Å². The van der Waals surface area contributed by atoms with Crippen LogP contribution in [-0.2, 0) is 0 Å². The van der Waals surface area contributed by atoms with Gasteiger partial charge in [0.1, 0.15) is 0 Å². The molecule has 1 N–H and O–H groups in total. The number of hydrogen-bond donors (Lipinski definition) is 1. The number of benzene rings is 1. The average Bonchev–Trinajstić information content (AvgIpc) is 2.30. The molecule has 0 aromatic heterocycles. The molecule has 1 aromatic rings. The molecule has 1 aromatic carbocycles. The summed E-state index contributed by atoms with van der Waals surface area (Å²) >= 11 is 1.85. The van der Waals surface area contributed by atoms with Crippen LogP contribution in [0.5, 0.6) is 0 Å². The van der Waals surface area contributed by atoms with E-state index in [0.29, 0.717) is 5.56 Å². The molecule has 2 nitrogen and oxygen atoms in total. The van der Waals surface area contributed by atoms with Crippen LogP contribution in [-0.4, -0.2) is 18.1 Å². The molecule has 1 rings (SSSR count). The lowest BCUT2D eigenvalue weighted by Crippen LogP contribution is -2.03. The first-order valence-corrected chi connectivity index (χ1v) is 5.95. The average molecular weight is 218 g/mol.